The van der Waals surface area contributed by atoms with Gasteiger partial charge in [0.25, 0.3) is 5.91 Å². The van der Waals surface area contributed by atoms with Gasteiger partial charge in [0.2, 0.25) is 5.91 Å². The number of nitrogens with one attached hydrogen (secondary N) is 2. The van der Waals surface area contributed by atoms with Gasteiger partial charge in [-0.25, -0.2) is 4.79 Å². The van der Waals surface area contributed by atoms with Crippen LogP contribution in [0.25, 0.3) is 0 Å². The van der Waals surface area contributed by atoms with Crippen molar-refractivity contribution < 1.29 is 14.4 Å². The molecule has 1 aliphatic heterocycles. The van der Waals surface area contributed by atoms with E-state index in [0.717, 1.165) is 10.5 Å². The Morgan fingerprint density at radius 3 is 2.37 bits per heavy atom. The van der Waals surface area contributed by atoms with Gasteiger partial charge in [-0.3, -0.25) is 14.5 Å². The second-order valence-electron chi connectivity index (χ2n) is 6.29. The van der Waals surface area contributed by atoms with Crippen molar-refractivity contribution in [2.75, 3.05) is 6.54 Å². The smallest absolute Gasteiger partial charge is 0.325 e. The van der Waals surface area contributed by atoms with E-state index in [2.05, 4.69) is 10.6 Å². The van der Waals surface area contributed by atoms with Gasteiger partial charge in [0, 0.05) is 22.2 Å². The molecule has 27 heavy (non-hydrogen) atoms. The van der Waals surface area contributed by atoms with Crippen LogP contribution < -0.4 is 10.6 Å². The van der Waals surface area contributed by atoms with Crippen molar-refractivity contribution in [1.82, 2.24) is 15.5 Å². The fourth-order valence-corrected chi connectivity index (χ4v) is 3.45. The molecular weight excluding hydrogens is 389 g/mol. The monoisotopic (exact) mass is 405 g/mol. The molecule has 4 amide bonds. The Morgan fingerprint density at radius 1 is 1.07 bits per heavy atom. The maximum Gasteiger partial charge on any atom is 0.325 e. The largest absolute Gasteiger partial charge is 0.350 e. The summed E-state index contributed by atoms with van der Waals surface area (Å²) in [6, 6.07) is 13.2. The van der Waals surface area contributed by atoms with E-state index < -0.39 is 29.9 Å². The molecule has 3 rings (SSSR count). The summed E-state index contributed by atoms with van der Waals surface area (Å²) < 4.78 is 0. The lowest BCUT2D eigenvalue weighted by atomic mass is 9.92. The van der Waals surface area contributed by atoms with E-state index in [4.69, 9.17) is 23.2 Å². The molecule has 140 valence electrons. The van der Waals surface area contributed by atoms with Crippen LogP contribution in [0.4, 0.5) is 4.79 Å². The molecular formula is C19H17Cl2N3O3. The van der Waals surface area contributed by atoms with Crippen LogP contribution in [-0.4, -0.2) is 29.3 Å². The molecule has 0 unspecified atom stereocenters. The van der Waals surface area contributed by atoms with E-state index >= 15 is 0 Å². The Hall–Kier alpha value is -2.57. The molecule has 1 aliphatic rings. The van der Waals surface area contributed by atoms with E-state index in [9.17, 15) is 14.4 Å². The van der Waals surface area contributed by atoms with E-state index in [1.54, 1.807) is 55.5 Å². The van der Waals surface area contributed by atoms with Gasteiger partial charge in [0.05, 0.1) is 0 Å². The van der Waals surface area contributed by atoms with Gasteiger partial charge in [0.15, 0.2) is 0 Å². The zero-order chi connectivity index (χ0) is 19.6. The van der Waals surface area contributed by atoms with Crippen LogP contribution in [0.15, 0.2) is 48.5 Å². The van der Waals surface area contributed by atoms with Gasteiger partial charge in [-0.1, -0.05) is 59.6 Å². The SMILES string of the molecule is C[C@@]1(c2ccccc2Cl)NC(=O)N(CC(=O)NCc2ccccc2Cl)C1=O. The van der Waals surface area contributed by atoms with Crippen molar-refractivity contribution in [3.05, 3.63) is 69.7 Å². The summed E-state index contributed by atoms with van der Waals surface area (Å²) in [6.07, 6.45) is 0. The van der Waals surface area contributed by atoms with Gasteiger partial charge in [0.1, 0.15) is 12.1 Å². The molecule has 1 heterocycles. The number of amides is 4. The lowest BCUT2D eigenvalue weighted by Gasteiger charge is -2.23. The zero-order valence-corrected chi connectivity index (χ0v) is 16.0. The molecule has 8 heteroatoms. The van der Waals surface area contributed by atoms with Crippen LogP contribution in [0.5, 0.6) is 0 Å². The second kappa shape index (κ2) is 7.58. The first-order valence-corrected chi connectivity index (χ1v) is 8.98. The minimum atomic E-state index is -1.32. The zero-order valence-electron chi connectivity index (χ0n) is 14.5. The van der Waals surface area contributed by atoms with Crippen molar-refractivity contribution in [1.29, 1.82) is 0 Å². The molecule has 0 bridgehead atoms. The Morgan fingerprint density at radius 2 is 1.70 bits per heavy atom. The average molecular weight is 406 g/mol. The second-order valence-corrected chi connectivity index (χ2v) is 7.11. The van der Waals surface area contributed by atoms with Crippen molar-refractivity contribution in [3.8, 4) is 0 Å². The molecule has 2 N–H and O–H groups in total. The molecule has 1 saturated heterocycles. The van der Waals surface area contributed by atoms with Crippen LogP contribution in [0.1, 0.15) is 18.1 Å². The number of rotatable bonds is 5. The fraction of sp³-hybridized carbons (Fsp3) is 0.211. The Labute approximate surface area is 166 Å². The maximum absolute atomic E-state index is 12.8. The molecule has 0 saturated carbocycles. The number of hydrogen-bond acceptors (Lipinski definition) is 3. The first-order chi connectivity index (χ1) is 12.8. The molecule has 1 fully saturated rings. The normalized spacial score (nSPS) is 19.1. The van der Waals surface area contributed by atoms with Gasteiger partial charge in [-0.05, 0) is 24.6 Å². The van der Waals surface area contributed by atoms with Crippen molar-refractivity contribution in [3.63, 3.8) is 0 Å². The van der Waals surface area contributed by atoms with Gasteiger partial charge in [-0.2, -0.15) is 0 Å². The van der Waals surface area contributed by atoms with Crippen LogP contribution in [0.2, 0.25) is 10.0 Å². The highest BCUT2D eigenvalue weighted by Crippen LogP contribution is 2.33. The number of hydrogen-bond donors (Lipinski definition) is 2. The molecule has 2 aromatic carbocycles. The average Bonchev–Trinajstić information content (AvgIpc) is 2.85. The summed E-state index contributed by atoms with van der Waals surface area (Å²) in [5.41, 5.74) is -0.104. The number of nitrogens with zero attached hydrogens (tertiary/aromatic N) is 1. The number of carbonyl (C=O) groups excluding carboxylic acids is 3. The maximum atomic E-state index is 12.8. The summed E-state index contributed by atoms with van der Waals surface area (Å²) in [6.45, 7) is 1.37. The van der Waals surface area contributed by atoms with Crippen LogP contribution in [0, 0.1) is 0 Å². The summed E-state index contributed by atoms with van der Waals surface area (Å²) in [4.78, 5) is 38.3. The molecule has 0 spiro atoms. The van der Waals surface area contributed by atoms with Gasteiger partial charge in [-0.15, -0.1) is 0 Å². The lowest BCUT2D eigenvalue weighted by Crippen LogP contribution is -2.43. The minimum Gasteiger partial charge on any atom is -0.350 e. The van der Waals surface area contributed by atoms with E-state index in [0.29, 0.717) is 15.6 Å². The first-order valence-electron chi connectivity index (χ1n) is 8.22. The highest BCUT2D eigenvalue weighted by Gasteiger charge is 2.50. The number of imide groups is 1. The number of benzene rings is 2. The summed E-state index contributed by atoms with van der Waals surface area (Å²) in [5.74, 6) is -1.00. The highest BCUT2D eigenvalue weighted by atomic mass is 35.5. The third-order valence-corrected chi connectivity index (χ3v) is 5.12. The van der Waals surface area contributed by atoms with E-state index in [1.807, 2.05) is 0 Å². The highest BCUT2D eigenvalue weighted by molar-refractivity contribution is 6.32. The molecule has 0 aromatic heterocycles. The van der Waals surface area contributed by atoms with E-state index in [1.165, 1.54) is 0 Å². The summed E-state index contributed by atoms with van der Waals surface area (Å²) in [7, 11) is 0. The fourth-order valence-electron chi connectivity index (χ4n) is 2.92. The number of carbonyl (C=O) groups is 3. The van der Waals surface area contributed by atoms with Crippen LogP contribution in [-0.2, 0) is 21.7 Å². The number of halogens is 2. The first kappa shape index (κ1) is 19.2. The molecule has 6 nitrogen and oxygen atoms in total. The van der Waals surface area contributed by atoms with Gasteiger partial charge >= 0.3 is 6.03 Å². The standard InChI is InChI=1S/C19H17Cl2N3O3/c1-19(13-7-3-5-9-15(13)21)17(26)24(18(27)23-19)11-16(25)22-10-12-6-2-4-8-14(12)20/h2-9H,10-11H2,1H3,(H,22,25)(H,23,27)/t19-/m0/s1. The third-order valence-electron chi connectivity index (χ3n) is 4.42. The Bertz CT molecular complexity index is 919. The minimum absolute atomic E-state index is 0.198. The van der Waals surface area contributed by atoms with Crippen molar-refractivity contribution >= 4 is 41.0 Å². The molecule has 0 aliphatic carbocycles. The topological polar surface area (TPSA) is 78.5 Å². The Balaban J connectivity index is 1.70. The van der Waals surface area contributed by atoms with Crippen LogP contribution in [0.3, 0.4) is 0 Å². The molecule has 1 atom stereocenters. The quantitative estimate of drug-likeness (QED) is 0.750. The third kappa shape index (κ3) is 3.77. The van der Waals surface area contributed by atoms with Crippen LogP contribution >= 0.6 is 23.2 Å². The summed E-state index contributed by atoms with van der Waals surface area (Å²) in [5, 5.41) is 6.18. The molecule has 2 aromatic rings. The predicted molar refractivity (Wildman–Crippen MR) is 102 cm³/mol. The van der Waals surface area contributed by atoms with Crippen molar-refractivity contribution in [2.45, 2.75) is 19.0 Å². The lowest BCUT2D eigenvalue weighted by molar-refractivity contribution is -0.134. The summed E-state index contributed by atoms with van der Waals surface area (Å²) >= 11 is 12.2. The predicted octanol–water partition coefficient (Wildman–Crippen LogP) is 3.08. The Kier molecular flexibility index (Phi) is 5.39. The van der Waals surface area contributed by atoms with E-state index in [-0.39, 0.29) is 6.54 Å². The number of urea groups is 1. The van der Waals surface area contributed by atoms with Crippen molar-refractivity contribution in [2.24, 2.45) is 0 Å². The molecule has 0 radical (unpaired) electrons. The van der Waals surface area contributed by atoms with Gasteiger partial charge < -0.3 is 10.6 Å².